The van der Waals surface area contributed by atoms with Crippen LogP contribution in [0.1, 0.15) is 11.5 Å². The molecule has 14 heteroatoms. The van der Waals surface area contributed by atoms with E-state index in [-0.39, 0.29) is 28.4 Å². The molecule has 0 unspecified atom stereocenters. The summed E-state index contributed by atoms with van der Waals surface area (Å²) < 4.78 is 60.7. The molecule has 0 amide bonds. The molecule has 10 nitrogen and oxygen atoms in total. The van der Waals surface area contributed by atoms with Gasteiger partial charge < -0.3 is 14.7 Å². The molecule has 4 heterocycles. The first kappa shape index (κ1) is 23.0. The zero-order chi connectivity index (χ0) is 25.8. The molecular weight excluding hydrogens is 486 g/mol. The highest BCUT2D eigenvalue weighted by Crippen LogP contribution is 2.35. The zero-order valence-corrected chi connectivity index (χ0v) is 18.3. The summed E-state index contributed by atoms with van der Waals surface area (Å²) in [5.41, 5.74) is 5.59. The molecule has 5 aromatic rings. The van der Waals surface area contributed by atoms with Crippen molar-refractivity contribution in [3.05, 3.63) is 87.1 Å². The van der Waals surface area contributed by atoms with Crippen molar-refractivity contribution in [3.8, 4) is 22.4 Å². The van der Waals surface area contributed by atoms with Gasteiger partial charge in [-0.1, -0.05) is 0 Å². The lowest BCUT2D eigenvalue weighted by molar-refractivity contribution is -0.153. The average Bonchev–Trinajstić information content (AvgIpc) is 3.42. The van der Waals surface area contributed by atoms with Crippen LogP contribution in [0.3, 0.4) is 0 Å². The number of benzene rings is 1. The van der Waals surface area contributed by atoms with Gasteiger partial charge in [0.15, 0.2) is 12.0 Å². The summed E-state index contributed by atoms with van der Waals surface area (Å²) in [4.78, 5) is 33.0. The second kappa shape index (κ2) is 8.18. The van der Waals surface area contributed by atoms with E-state index in [1.54, 1.807) is 0 Å². The molecule has 0 saturated heterocycles. The van der Waals surface area contributed by atoms with Crippen LogP contribution in [0.2, 0.25) is 0 Å². The number of aromatic nitrogens is 6. The molecular formula is C22H15F4N7O3. The van der Waals surface area contributed by atoms with Gasteiger partial charge in [0.05, 0.1) is 17.8 Å². The Kier molecular flexibility index (Phi) is 5.23. The lowest BCUT2D eigenvalue weighted by atomic mass is 10.0. The SMILES string of the molecule is Cn1cc(-c2c(-c3ccc(F)cc3)nc(N)n3c(=O)n(Cc4ncoc4C(F)(F)F)nc23)ccc1=O. The van der Waals surface area contributed by atoms with Crippen LogP contribution in [0.4, 0.5) is 23.5 Å². The number of nitrogens with two attached hydrogens (primary N) is 1. The minimum atomic E-state index is -4.83. The highest BCUT2D eigenvalue weighted by Gasteiger charge is 2.38. The molecule has 0 bridgehead atoms. The fourth-order valence-corrected chi connectivity index (χ4v) is 3.78. The number of alkyl halides is 3. The van der Waals surface area contributed by atoms with Crippen LogP contribution in [-0.4, -0.2) is 28.7 Å². The predicted octanol–water partition coefficient (Wildman–Crippen LogP) is 2.70. The van der Waals surface area contributed by atoms with E-state index in [2.05, 4.69) is 19.5 Å². The van der Waals surface area contributed by atoms with Gasteiger partial charge >= 0.3 is 11.9 Å². The summed E-state index contributed by atoms with van der Waals surface area (Å²) in [7, 11) is 1.51. The number of hydrogen-bond acceptors (Lipinski definition) is 7. The van der Waals surface area contributed by atoms with Crippen molar-refractivity contribution in [2.45, 2.75) is 12.7 Å². The number of fused-ring (bicyclic) bond motifs is 1. The van der Waals surface area contributed by atoms with Crippen LogP contribution in [0.5, 0.6) is 0 Å². The Morgan fingerprint density at radius 2 is 1.75 bits per heavy atom. The van der Waals surface area contributed by atoms with Gasteiger partial charge in [0, 0.05) is 30.4 Å². The van der Waals surface area contributed by atoms with E-state index in [0.29, 0.717) is 17.5 Å². The third kappa shape index (κ3) is 3.81. The molecule has 5 rings (SSSR count). The Hall–Kier alpha value is -4.75. The molecule has 0 aliphatic heterocycles. The second-order valence-corrected chi connectivity index (χ2v) is 7.79. The molecule has 0 spiro atoms. The average molecular weight is 501 g/mol. The summed E-state index contributed by atoms with van der Waals surface area (Å²) in [6.45, 7) is -0.663. The van der Waals surface area contributed by atoms with E-state index in [1.807, 2.05) is 0 Å². The van der Waals surface area contributed by atoms with Crippen LogP contribution < -0.4 is 17.0 Å². The van der Waals surface area contributed by atoms with E-state index in [4.69, 9.17) is 5.73 Å². The fourth-order valence-electron chi connectivity index (χ4n) is 3.78. The maximum atomic E-state index is 13.6. The van der Waals surface area contributed by atoms with Crippen molar-refractivity contribution < 1.29 is 22.0 Å². The van der Waals surface area contributed by atoms with E-state index in [1.165, 1.54) is 54.2 Å². The second-order valence-electron chi connectivity index (χ2n) is 7.79. The minimum absolute atomic E-state index is 0.0393. The minimum Gasteiger partial charge on any atom is -0.439 e. The first-order valence-electron chi connectivity index (χ1n) is 10.3. The fraction of sp³-hybridized carbons (Fsp3) is 0.136. The molecule has 0 saturated carbocycles. The van der Waals surface area contributed by atoms with Crippen molar-refractivity contribution in [2.24, 2.45) is 7.05 Å². The molecule has 0 aliphatic rings. The van der Waals surface area contributed by atoms with E-state index < -0.39 is 35.7 Å². The van der Waals surface area contributed by atoms with Crippen LogP contribution in [-0.2, 0) is 19.8 Å². The number of aryl methyl sites for hydroxylation is 1. The summed E-state index contributed by atoms with van der Waals surface area (Å²) >= 11 is 0. The standard InChI is InChI=1S/C22H15F4N7O3/c1-31-8-12(4-7-15(31)34)16-17(11-2-5-13(23)6-3-11)29-20(27)33-19(16)30-32(21(33)35)9-14-18(22(24,25)26)36-10-28-14/h2-8,10H,9H2,1H3,(H2,27,29). The Morgan fingerprint density at radius 1 is 1.06 bits per heavy atom. The summed E-state index contributed by atoms with van der Waals surface area (Å²) in [6.07, 6.45) is -2.73. The number of anilines is 1. The van der Waals surface area contributed by atoms with Crippen LogP contribution in [0.15, 0.2) is 63.0 Å². The number of nitrogens with zero attached hydrogens (tertiary/aromatic N) is 6. The highest BCUT2D eigenvalue weighted by atomic mass is 19.4. The first-order chi connectivity index (χ1) is 17.0. The van der Waals surface area contributed by atoms with Gasteiger partial charge in [-0.2, -0.15) is 13.2 Å². The van der Waals surface area contributed by atoms with Gasteiger partial charge in [0.1, 0.15) is 11.5 Å². The normalized spacial score (nSPS) is 11.9. The quantitative estimate of drug-likeness (QED) is 0.375. The van der Waals surface area contributed by atoms with E-state index >= 15 is 0 Å². The smallest absolute Gasteiger partial charge is 0.439 e. The predicted molar refractivity (Wildman–Crippen MR) is 118 cm³/mol. The molecule has 2 N–H and O–H groups in total. The lowest BCUT2D eigenvalue weighted by Gasteiger charge is -2.12. The topological polar surface area (TPSA) is 126 Å². The van der Waals surface area contributed by atoms with Crippen molar-refractivity contribution in [3.63, 3.8) is 0 Å². The van der Waals surface area contributed by atoms with Crippen molar-refractivity contribution >= 4 is 11.6 Å². The van der Waals surface area contributed by atoms with Gasteiger partial charge in [-0.05, 0) is 30.3 Å². The van der Waals surface area contributed by atoms with Gasteiger partial charge in [0.25, 0.3) is 0 Å². The molecule has 4 aromatic heterocycles. The highest BCUT2D eigenvalue weighted by molar-refractivity contribution is 5.90. The molecule has 184 valence electrons. The van der Waals surface area contributed by atoms with Gasteiger partial charge in [-0.15, -0.1) is 5.10 Å². The van der Waals surface area contributed by atoms with E-state index in [9.17, 15) is 27.2 Å². The van der Waals surface area contributed by atoms with Crippen LogP contribution in [0.25, 0.3) is 28.0 Å². The van der Waals surface area contributed by atoms with Gasteiger partial charge in [0.2, 0.25) is 17.3 Å². The lowest BCUT2D eigenvalue weighted by Crippen LogP contribution is -2.24. The molecule has 36 heavy (non-hydrogen) atoms. The number of rotatable bonds is 4. The van der Waals surface area contributed by atoms with Crippen LogP contribution in [0, 0.1) is 5.82 Å². The molecule has 1 aromatic carbocycles. The van der Waals surface area contributed by atoms with Gasteiger partial charge in [-0.25, -0.2) is 28.2 Å². The number of halogens is 4. The Labute approximate surface area is 197 Å². The number of nitrogen functional groups attached to an aromatic ring is 1. The Balaban J connectivity index is 1.79. The first-order valence-corrected chi connectivity index (χ1v) is 10.3. The largest absolute Gasteiger partial charge is 0.451 e. The summed E-state index contributed by atoms with van der Waals surface area (Å²) in [6, 6.07) is 8.06. The number of hydrogen-bond donors (Lipinski definition) is 1. The monoisotopic (exact) mass is 501 g/mol. The summed E-state index contributed by atoms with van der Waals surface area (Å²) in [5.74, 6) is -2.15. The molecule has 0 radical (unpaired) electrons. The third-order valence-electron chi connectivity index (χ3n) is 5.45. The number of oxazole rings is 1. The molecule has 0 fully saturated rings. The summed E-state index contributed by atoms with van der Waals surface area (Å²) in [5, 5.41) is 4.24. The van der Waals surface area contributed by atoms with Crippen LogP contribution >= 0.6 is 0 Å². The Bertz CT molecular complexity index is 1730. The maximum Gasteiger partial charge on any atom is 0.451 e. The van der Waals surface area contributed by atoms with Crippen molar-refractivity contribution in [1.82, 2.24) is 28.7 Å². The Morgan fingerprint density at radius 3 is 2.42 bits per heavy atom. The molecule has 0 atom stereocenters. The maximum absolute atomic E-state index is 13.6. The van der Waals surface area contributed by atoms with E-state index in [0.717, 1.165) is 9.08 Å². The third-order valence-corrected chi connectivity index (χ3v) is 5.45. The zero-order valence-electron chi connectivity index (χ0n) is 18.3. The molecule has 0 aliphatic carbocycles. The number of pyridine rings is 1. The van der Waals surface area contributed by atoms with Crippen molar-refractivity contribution in [2.75, 3.05) is 5.73 Å². The van der Waals surface area contributed by atoms with Gasteiger partial charge in [-0.3, -0.25) is 4.79 Å². The van der Waals surface area contributed by atoms with Crippen molar-refractivity contribution in [1.29, 1.82) is 0 Å².